The molecule has 0 radical (unpaired) electrons. The summed E-state index contributed by atoms with van der Waals surface area (Å²) in [4.78, 5) is 36.1. The highest BCUT2D eigenvalue weighted by Gasteiger charge is 2.01. The minimum absolute atomic E-state index is 0.558. The van der Waals surface area contributed by atoms with Gasteiger partial charge in [-0.15, -0.1) is 0 Å². The first-order chi connectivity index (χ1) is 17.1. The zero-order valence-electron chi connectivity index (χ0n) is 19.3. The number of carboxylic acids is 2. The van der Waals surface area contributed by atoms with Gasteiger partial charge in [-0.1, -0.05) is 23.2 Å². The van der Waals surface area contributed by atoms with Crippen LogP contribution in [0.3, 0.4) is 0 Å². The van der Waals surface area contributed by atoms with Crippen molar-refractivity contribution in [2.24, 2.45) is 0 Å². The van der Waals surface area contributed by atoms with E-state index in [9.17, 15) is 9.59 Å². The highest BCUT2D eigenvalue weighted by molar-refractivity contribution is 6.30. The number of rotatable bonds is 4. The Morgan fingerprint density at radius 3 is 1.25 bits per heavy atom. The number of aromatic nitrogens is 4. The molecule has 0 aliphatic heterocycles. The first kappa shape index (κ1) is 28.1. The number of carboxylic acid groups (broad SMARTS) is 2. The smallest absolute Gasteiger partial charge is 0.328 e. The van der Waals surface area contributed by atoms with Crippen LogP contribution in [0.4, 0.5) is 0 Å². The van der Waals surface area contributed by atoms with Crippen LogP contribution in [0.5, 0.6) is 0 Å². The van der Waals surface area contributed by atoms with Gasteiger partial charge in [0.1, 0.15) is 0 Å². The number of carbonyl (C=O) groups is 2. The lowest BCUT2D eigenvalue weighted by Crippen LogP contribution is -1.91. The van der Waals surface area contributed by atoms with Gasteiger partial charge in [-0.3, -0.25) is 0 Å². The first-order valence-electron chi connectivity index (χ1n) is 10.4. The van der Waals surface area contributed by atoms with Gasteiger partial charge in [0, 0.05) is 57.1 Å². The van der Waals surface area contributed by atoms with E-state index in [1.54, 1.807) is 12.4 Å². The van der Waals surface area contributed by atoms with E-state index in [0.29, 0.717) is 12.2 Å². The molecular weight excluding hydrogens is 503 g/mol. The van der Waals surface area contributed by atoms with Crippen LogP contribution in [0.25, 0.3) is 22.8 Å². The summed E-state index contributed by atoms with van der Waals surface area (Å²) < 4.78 is 0. The molecule has 2 aromatic carbocycles. The van der Waals surface area contributed by atoms with Crippen molar-refractivity contribution in [2.45, 2.75) is 13.8 Å². The van der Waals surface area contributed by atoms with Gasteiger partial charge in [0.25, 0.3) is 0 Å². The van der Waals surface area contributed by atoms with E-state index in [2.05, 4.69) is 19.9 Å². The summed E-state index contributed by atoms with van der Waals surface area (Å²) in [5, 5.41) is 17.1. The summed E-state index contributed by atoms with van der Waals surface area (Å²) in [5.41, 5.74) is 3.89. The average molecular weight is 525 g/mol. The predicted octanol–water partition coefficient (Wildman–Crippen LogP) is 5.92. The second-order valence-corrected chi connectivity index (χ2v) is 7.94. The molecule has 8 nitrogen and oxygen atoms in total. The largest absolute Gasteiger partial charge is 0.478 e. The molecule has 2 heterocycles. The Labute approximate surface area is 218 Å². The van der Waals surface area contributed by atoms with E-state index >= 15 is 0 Å². The summed E-state index contributed by atoms with van der Waals surface area (Å²) in [7, 11) is 0. The number of benzene rings is 2. The van der Waals surface area contributed by atoms with Crippen LogP contribution in [0.1, 0.15) is 11.4 Å². The molecule has 0 aliphatic rings. The van der Waals surface area contributed by atoms with Crippen LogP contribution in [-0.4, -0.2) is 42.1 Å². The van der Waals surface area contributed by atoms with Crippen molar-refractivity contribution >= 4 is 35.1 Å². The monoisotopic (exact) mass is 524 g/mol. The lowest BCUT2D eigenvalue weighted by molar-refractivity contribution is -0.134. The third-order valence-electron chi connectivity index (χ3n) is 4.16. The summed E-state index contributed by atoms with van der Waals surface area (Å²) in [6, 6.07) is 18.7. The fraction of sp³-hybridized carbons (Fsp3) is 0.0769. The second-order valence-electron chi connectivity index (χ2n) is 7.07. The SMILES string of the molecule is Cc1ccnc(-c2ccc(Cl)cc2)n1.Cc1ccnc(-c2ccc(Cl)cc2)n1.O=C(O)/C=C\C(=O)O. The van der Waals surface area contributed by atoms with Gasteiger partial charge in [-0.2, -0.15) is 0 Å². The van der Waals surface area contributed by atoms with Crippen molar-refractivity contribution < 1.29 is 19.8 Å². The van der Waals surface area contributed by atoms with Crippen molar-refractivity contribution in [3.63, 3.8) is 0 Å². The molecular formula is C26H22Cl2N4O4. The van der Waals surface area contributed by atoms with Crippen molar-refractivity contribution in [1.29, 1.82) is 0 Å². The first-order valence-corrected chi connectivity index (χ1v) is 11.1. The van der Waals surface area contributed by atoms with E-state index in [4.69, 9.17) is 33.4 Å². The number of aryl methyl sites for hydroxylation is 2. The lowest BCUT2D eigenvalue weighted by Gasteiger charge is -2.00. The van der Waals surface area contributed by atoms with Crippen molar-refractivity contribution in [3.05, 3.63) is 107 Å². The molecule has 2 N–H and O–H groups in total. The normalized spacial score (nSPS) is 10.0. The predicted molar refractivity (Wildman–Crippen MR) is 139 cm³/mol. The third kappa shape index (κ3) is 10.4. The molecule has 0 fully saturated rings. The second kappa shape index (κ2) is 14.3. The number of hydrogen-bond acceptors (Lipinski definition) is 6. The van der Waals surface area contributed by atoms with Gasteiger partial charge in [0.05, 0.1) is 0 Å². The molecule has 0 saturated carbocycles. The molecule has 4 aromatic rings. The number of aliphatic carboxylic acids is 2. The number of halogens is 2. The maximum absolute atomic E-state index is 9.55. The fourth-order valence-electron chi connectivity index (χ4n) is 2.52. The van der Waals surface area contributed by atoms with Crippen molar-refractivity contribution in [2.75, 3.05) is 0 Å². The Kier molecular flexibility index (Phi) is 11.2. The molecule has 0 bridgehead atoms. The summed E-state index contributed by atoms with van der Waals surface area (Å²) >= 11 is 11.6. The Morgan fingerprint density at radius 2 is 0.972 bits per heavy atom. The van der Waals surface area contributed by atoms with Gasteiger partial charge in [-0.25, -0.2) is 29.5 Å². The zero-order valence-corrected chi connectivity index (χ0v) is 20.9. The Bertz CT molecular complexity index is 1230. The summed E-state index contributed by atoms with van der Waals surface area (Å²) in [5.74, 6) is -1.04. The van der Waals surface area contributed by atoms with Gasteiger partial charge in [0.15, 0.2) is 11.6 Å². The van der Waals surface area contributed by atoms with E-state index in [1.807, 2.05) is 74.5 Å². The van der Waals surface area contributed by atoms with Crippen LogP contribution in [0.2, 0.25) is 10.0 Å². The van der Waals surface area contributed by atoms with Gasteiger partial charge in [0.2, 0.25) is 0 Å². The molecule has 2 aromatic heterocycles. The quantitative estimate of drug-likeness (QED) is 0.315. The molecule has 184 valence electrons. The average Bonchev–Trinajstić information content (AvgIpc) is 2.84. The van der Waals surface area contributed by atoms with E-state index in [0.717, 1.165) is 44.2 Å². The Balaban J connectivity index is 0.000000199. The highest BCUT2D eigenvalue weighted by Crippen LogP contribution is 2.18. The van der Waals surface area contributed by atoms with Crippen molar-refractivity contribution in [1.82, 2.24) is 19.9 Å². The fourth-order valence-corrected chi connectivity index (χ4v) is 2.77. The van der Waals surface area contributed by atoms with Gasteiger partial charge >= 0.3 is 11.9 Å². The molecule has 0 saturated heterocycles. The van der Waals surface area contributed by atoms with Crippen LogP contribution in [-0.2, 0) is 9.59 Å². The van der Waals surface area contributed by atoms with E-state index < -0.39 is 11.9 Å². The van der Waals surface area contributed by atoms with Crippen LogP contribution >= 0.6 is 23.2 Å². The minimum atomic E-state index is -1.26. The Hall–Kier alpha value is -4.14. The topological polar surface area (TPSA) is 126 Å². The van der Waals surface area contributed by atoms with E-state index in [-0.39, 0.29) is 0 Å². The molecule has 0 amide bonds. The van der Waals surface area contributed by atoms with Gasteiger partial charge in [-0.05, 0) is 74.5 Å². The summed E-state index contributed by atoms with van der Waals surface area (Å²) in [6.45, 7) is 3.89. The van der Waals surface area contributed by atoms with Crippen molar-refractivity contribution in [3.8, 4) is 22.8 Å². The maximum atomic E-state index is 9.55. The maximum Gasteiger partial charge on any atom is 0.328 e. The number of hydrogen-bond donors (Lipinski definition) is 2. The molecule has 10 heteroatoms. The summed E-state index contributed by atoms with van der Waals surface area (Å²) in [6.07, 6.45) is 4.63. The molecule has 0 unspecified atom stereocenters. The molecule has 0 spiro atoms. The standard InChI is InChI=1S/2C11H9ClN2.C4H4O4/c2*1-8-6-7-13-11(14-8)9-2-4-10(12)5-3-9;5-3(6)1-2-4(7)8/h2*2-7H,1H3;1-2H,(H,5,6)(H,7,8)/b;;2-1-. The van der Waals surface area contributed by atoms with Gasteiger partial charge < -0.3 is 10.2 Å². The number of nitrogens with zero attached hydrogens (tertiary/aromatic N) is 4. The van der Waals surface area contributed by atoms with Crippen LogP contribution in [0.15, 0.2) is 85.2 Å². The Morgan fingerprint density at radius 1 is 0.639 bits per heavy atom. The minimum Gasteiger partial charge on any atom is -0.478 e. The molecule has 4 rings (SSSR count). The molecule has 0 aliphatic carbocycles. The van der Waals surface area contributed by atoms with Crippen LogP contribution < -0.4 is 0 Å². The molecule has 0 atom stereocenters. The van der Waals surface area contributed by atoms with E-state index in [1.165, 1.54) is 0 Å². The van der Waals surface area contributed by atoms with Crippen LogP contribution in [0, 0.1) is 13.8 Å². The molecule has 36 heavy (non-hydrogen) atoms. The lowest BCUT2D eigenvalue weighted by atomic mass is 10.2. The zero-order chi connectivity index (χ0) is 26.5. The third-order valence-corrected chi connectivity index (χ3v) is 4.67. The highest BCUT2D eigenvalue weighted by atomic mass is 35.5.